The van der Waals surface area contributed by atoms with E-state index in [4.69, 9.17) is 4.74 Å². The van der Waals surface area contributed by atoms with E-state index in [2.05, 4.69) is 0 Å². The average Bonchev–Trinajstić information content (AvgIpc) is 3.04. The van der Waals surface area contributed by atoms with E-state index in [0.717, 1.165) is 12.3 Å². The molecule has 0 spiro atoms. The van der Waals surface area contributed by atoms with Gasteiger partial charge < -0.3 is 4.74 Å². The van der Waals surface area contributed by atoms with Gasteiger partial charge in [0, 0.05) is 0 Å². The quantitative estimate of drug-likeness (QED) is 0.646. The predicted octanol–water partition coefficient (Wildman–Crippen LogP) is 3.78. The first-order valence-electron chi connectivity index (χ1n) is 5.73. The van der Waals surface area contributed by atoms with Crippen LogP contribution in [0.3, 0.4) is 0 Å². The Balaban J connectivity index is 1.62. The van der Waals surface area contributed by atoms with E-state index in [1.807, 2.05) is 0 Å². The lowest BCUT2D eigenvalue weighted by molar-refractivity contribution is 0.289. The number of rotatable bonds is 6. The Morgan fingerprint density at radius 3 is 2.73 bits per heavy atom. The molecule has 2 rings (SSSR count). The van der Waals surface area contributed by atoms with Gasteiger partial charge >= 0.3 is 0 Å². The second-order valence-corrected chi connectivity index (χ2v) is 4.22. The van der Waals surface area contributed by atoms with Crippen molar-refractivity contribution in [3.05, 3.63) is 30.1 Å². The van der Waals surface area contributed by atoms with Crippen molar-refractivity contribution < 1.29 is 9.13 Å². The maximum Gasteiger partial charge on any atom is 0.165 e. The monoisotopic (exact) mass is 208 g/mol. The second-order valence-electron chi connectivity index (χ2n) is 4.22. The summed E-state index contributed by atoms with van der Waals surface area (Å²) in [4.78, 5) is 0. The Labute approximate surface area is 90.3 Å². The van der Waals surface area contributed by atoms with Crippen molar-refractivity contribution in [2.75, 3.05) is 6.61 Å². The molecule has 15 heavy (non-hydrogen) atoms. The van der Waals surface area contributed by atoms with E-state index in [1.54, 1.807) is 18.2 Å². The van der Waals surface area contributed by atoms with Crippen molar-refractivity contribution in [1.82, 2.24) is 0 Å². The summed E-state index contributed by atoms with van der Waals surface area (Å²) < 4.78 is 18.5. The Morgan fingerprint density at radius 2 is 2.00 bits per heavy atom. The molecule has 1 aromatic rings. The number of hydrogen-bond donors (Lipinski definition) is 0. The van der Waals surface area contributed by atoms with E-state index < -0.39 is 0 Å². The second kappa shape index (κ2) is 5.15. The van der Waals surface area contributed by atoms with Gasteiger partial charge in [-0.25, -0.2) is 4.39 Å². The van der Waals surface area contributed by atoms with E-state index in [9.17, 15) is 4.39 Å². The van der Waals surface area contributed by atoms with Gasteiger partial charge in [0.25, 0.3) is 0 Å². The first kappa shape index (κ1) is 10.5. The number of para-hydroxylation sites is 1. The summed E-state index contributed by atoms with van der Waals surface area (Å²) in [5.41, 5.74) is 0. The average molecular weight is 208 g/mol. The maximum atomic E-state index is 13.1. The molecule has 0 N–H and O–H groups in total. The number of benzene rings is 1. The first-order chi connectivity index (χ1) is 7.36. The molecule has 1 aliphatic carbocycles. The molecule has 0 aromatic heterocycles. The van der Waals surface area contributed by atoms with Crippen LogP contribution in [-0.2, 0) is 0 Å². The van der Waals surface area contributed by atoms with Crippen molar-refractivity contribution in [3.63, 3.8) is 0 Å². The van der Waals surface area contributed by atoms with Crippen LogP contribution in [0.1, 0.15) is 32.1 Å². The SMILES string of the molecule is Fc1ccccc1OCCCCC1CC1. The molecule has 0 heterocycles. The minimum atomic E-state index is -0.264. The van der Waals surface area contributed by atoms with Gasteiger partial charge in [-0.05, 0) is 30.9 Å². The Bertz CT molecular complexity index is 307. The van der Waals surface area contributed by atoms with Crippen molar-refractivity contribution in [1.29, 1.82) is 0 Å². The molecule has 2 heteroatoms. The summed E-state index contributed by atoms with van der Waals surface area (Å²) >= 11 is 0. The van der Waals surface area contributed by atoms with Crippen LogP contribution in [0.15, 0.2) is 24.3 Å². The van der Waals surface area contributed by atoms with E-state index in [-0.39, 0.29) is 5.82 Å². The van der Waals surface area contributed by atoms with E-state index >= 15 is 0 Å². The van der Waals surface area contributed by atoms with E-state index in [0.29, 0.717) is 12.4 Å². The minimum Gasteiger partial charge on any atom is -0.491 e. The largest absolute Gasteiger partial charge is 0.491 e. The maximum absolute atomic E-state index is 13.1. The van der Waals surface area contributed by atoms with Gasteiger partial charge in [0.05, 0.1) is 6.61 Å². The fourth-order valence-corrected chi connectivity index (χ4v) is 1.69. The van der Waals surface area contributed by atoms with Crippen LogP contribution in [0.4, 0.5) is 4.39 Å². The van der Waals surface area contributed by atoms with Gasteiger partial charge in [0.15, 0.2) is 11.6 Å². The predicted molar refractivity (Wildman–Crippen MR) is 58.5 cm³/mol. The van der Waals surface area contributed by atoms with Gasteiger partial charge in [-0.3, -0.25) is 0 Å². The van der Waals surface area contributed by atoms with Crippen LogP contribution in [0.5, 0.6) is 5.75 Å². The fraction of sp³-hybridized carbons (Fsp3) is 0.538. The van der Waals surface area contributed by atoms with Gasteiger partial charge in [0.1, 0.15) is 0 Å². The van der Waals surface area contributed by atoms with Crippen LogP contribution in [0, 0.1) is 11.7 Å². The highest BCUT2D eigenvalue weighted by Gasteiger charge is 2.19. The summed E-state index contributed by atoms with van der Waals surface area (Å²) in [6.07, 6.45) is 6.38. The molecule has 1 aromatic carbocycles. The van der Waals surface area contributed by atoms with Crippen molar-refractivity contribution in [3.8, 4) is 5.75 Å². The first-order valence-corrected chi connectivity index (χ1v) is 5.73. The van der Waals surface area contributed by atoms with Crippen LogP contribution >= 0.6 is 0 Å². The summed E-state index contributed by atoms with van der Waals surface area (Å²) in [5.74, 6) is 1.10. The molecule has 0 saturated heterocycles. The van der Waals surface area contributed by atoms with Crippen LogP contribution < -0.4 is 4.74 Å². The highest BCUT2D eigenvalue weighted by Crippen LogP contribution is 2.33. The van der Waals surface area contributed by atoms with Crippen LogP contribution in [-0.4, -0.2) is 6.61 Å². The number of halogens is 1. The topological polar surface area (TPSA) is 9.23 Å². The molecule has 0 atom stereocenters. The number of hydrogen-bond acceptors (Lipinski definition) is 1. The lowest BCUT2D eigenvalue weighted by atomic mass is 10.2. The Hall–Kier alpha value is -1.05. The molecule has 0 bridgehead atoms. The summed E-state index contributed by atoms with van der Waals surface area (Å²) in [6, 6.07) is 6.58. The van der Waals surface area contributed by atoms with Crippen LogP contribution in [0.2, 0.25) is 0 Å². The van der Waals surface area contributed by atoms with Crippen molar-refractivity contribution in [2.24, 2.45) is 5.92 Å². The third kappa shape index (κ3) is 3.54. The summed E-state index contributed by atoms with van der Waals surface area (Å²) in [7, 11) is 0. The molecule has 0 aliphatic heterocycles. The fourth-order valence-electron chi connectivity index (χ4n) is 1.69. The van der Waals surface area contributed by atoms with Gasteiger partial charge in [0.2, 0.25) is 0 Å². The highest BCUT2D eigenvalue weighted by molar-refractivity contribution is 5.23. The lowest BCUT2D eigenvalue weighted by Crippen LogP contribution is -1.99. The summed E-state index contributed by atoms with van der Waals surface area (Å²) in [6.45, 7) is 0.633. The molecule has 0 radical (unpaired) electrons. The van der Waals surface area contributed by atoms with E-state index in [1.165, 1.54) is 31.7 Å². The van der Waals surface area contributed by atoms with Crippen molar-refractivity contribution >= 4 is 0 Å². The van der Waals surface area contributed by atoms with Gasteiger partial charge in [-0.15, -0.1) is 0 Å². The van der Waals surface area contributed by atoms with Gasteiger partial charge in [-0.2, -0.15) is 0 Å². The molecule has 1 saturated carbocycles. The Morgan fingerprint density at radius 1 is 1.20 bits per heavy atom. The molecule has 1 fully saturated rings. The number of unbranched alkanes of at least 4 members (excludes halogenated alkanes) is 1. The zero-order valence-electron chi connectivity index (χ0n) is 8.92. The molecule has 82 valence electrons. The lowest BCUT2D eigenvalue weighted by Gasteiger charge is -2.06. The normalized spacial score (nSPS) is 15.3. The molecule has 0 unspecified atom stereocenters. The standard InChI is InChI=1S/C13H17FO/c14-12-6-1-2-7-13(12)15-10-4-3-5-11-8-9-11/h1-2,6-7,11H,3-5,8-10H2. The molecule has 0 amide bonds. The minimum absolute atomic E-state index is 0.264. The van der Waals surface area contributed by atoms with Gasteiger partial charge in [-0.1, -0.05) is 31.4 Å². The summed E-state index contributed by atoms with van der Waals surface area (Å²) in [5, 5.41) is 0. The van der Waals surface area contributed by atoms with Crippen molar-refractivity contribution in [2.45, 2.75) is 32.1 Å². The zero-order valence-corrected chi connectivity index (χ0v) is 8.92. The zero-order chi connectivity index (χ0) is 10.5. The highest BCUT2D eigenvalue weighted by atomic mass is 19.1. The molecular formula is C13H17FO. The Kier molecular flexibility index (Phi) is 3.59. The molecule has 1 aliphatic rings. The third-order valence-electron chi connectivity index (χ3n) is 2.80. The molecule has 1 nitrogen and oxygen atoms in total. The smallest absolute Gasteiger partial charge is 0.165 e. The molecular weight excluding hydrogens is 191 g/mol. The third-order valence-corrected chi connectivity index (χ3v) is 2.80. The number of ether oxygens (including phenoxy) is 1. The van der Waals surface area contributed by atoms with Crippen LogP contribution in [0.25, 0.3) is 0 Å².